The first-order valence-corrected chi connectivity index (χ1v) is 10.2. The number of carbonyl (C=O) groups excluding carboxylic acids is 2. The van der Waals surface area contributed by atoms with Gasteiger partial charge in [0.15, 0.2) is 11.5 Å². The Kier molecular flexibility index (Phi) is 4.88. The van der Waals surface area contributed by atoms with Crippen LogP contribution in [-0.2, 0) is 9.59 Å². The maximum atomic E-state index is 13.4. The number of Topliss-reactive ketones (excluding diaryl/α,β-unsaturated/α-hetero) is 1. The van der Waals surface area contributed by atoms with Gasteiger partial charge in [-0.15, -0.1) is 0 Å². The van der Waals surface area contributed by atoms with Crippen LogP contribution in [0.5, 0.6) is 5.75 Å². The van der Waals surface area contributed by atoms with E-state index in [1.54, 1.807) is 52.1 Å². The number of aryl methyl sites for hydroxylation is 1. The molecule has 3 aromatic rings. The number of H-pyrrole nitrogens is 1. The molecule has 1 unspecified atom stereocenters. The highest BCUT2D eigenvalue weighted by Crippen LogP contribution is 2.46. The Morgan fingerprint density at radius 3 is 2.35 bits per heavy atom. The number of hydrogen-bond acceptors (Lipinski definition) is 4. The van der Waals surface area contributed by atoms with Gasteiger partial charge in [-0.3, -0.25) is 14.5 Å². The number of fused-ring (bicyclic) bond motifs is 1. The highest BCUT2D eigenvalue weighted by atomic mass is 16.5. The van der Waals surface area contributed by atoms with Crippen LogP contribution in [0.2, 0.25) is 0 Å². The third kappa shape index (κ3) is 3.28. The zero-order chi connectivity index (χ0) is 22.5. The van der Waals surface area contributed by atoms with Crippen molar-refractivity contribution < 1.29 is 19.4 Å². The summed E-state index contributed by atoms with van der Waals surface area (Å²) < 4.78 is 5.24. The quantitative estimate of drug-likeness (QED) is 0.625. The fourth-order valence-corrected chi connectivity index (χ4v) is 4.17. The van der Waals surface area contributed by atoms with Gasteiger partial charge < -0.3 is 14.8 Å². The molecule has 2 N–H and O–H groups in total. The Morgan fingerprint density at radius 2 is 1.74 bits per heavy atom. The Labute approximate surface area is 181 Å². The van der Waals surface area contributed by atoms with Gasteiger partial charge in [0, 0.05) is 33.3 Å². The van der Waals surface area contributed by atoms with Crippen molar-refractivity contribution in [3.8, 4) is 5.75 Å². The number of hydrogen-bond donors (Lipinski definition) is 2. The number of aliphatic hydroxyl groups excluding tert-OH is 1. The molecule has 2 aromatic carbocycles. The Morgan fingerprint density at radius 1 is 1.10 bits per heavy atom. The number of amides is 1. The summed E-state index contributed by atoms with van der Waals surface area (Å²) in [5.74, 6) is -0.694. The van der Waals surface area contributed by atoms with Crippen LogP contribution < -0.4 is 9.64 Å². The number of ketones is 1. The molecule has 1 amide bonds. The SMILES string of the molecule is COc1ccc(N2C(=O)C(O)=C(C(=O)C(C)(C)C)C2c2c(C)[nH]c3ccccc23)cc1. The average Bonchev–Trinajstić information content (AvgIpc) is 3.19. The lowest BCUT2D eigenvalue weighted by atomic mass is 9.81. The molecular weight excluding hydrogens is 392 g/mol. The van der Waals surface area contributed by atoms with Crippen molar-refractivity contribution in [2.45, 2.75) is 33.7 Å². The van der Waals surface area contributed by atoms with Crippen LogP contribution in [0, 0.1) is 12.3 Å². The lowest BCUT2D eigenvalue weighted by Gasteiger charge is -2.29. The lowest BCUT2D eigenvalue weighted by molar-refractivity contribution is -0.123. The van der Waals surface area contributed by atoms with E-state index in [0.29, 0.717) is 11.4 Å². The van der Waals surface area contributed by atoms with Gasteiger partial charge >= 0.3 is 0 Å². The zero-order valence-corrected chi connectivity index (χ0v) is 18.3. The molecular formula is C25H26N2O4. The van der Waals surface area contributed by atoms with Crippen molar-refractivity contribution >= 4 is 28.3 Å². The molecule has 1 aromatic heterocycles. The van der Waals surface area contributed by atoms with Crippen molar-refractivity contribution in [3.05, 3.63) is 71.1 Å². The molecule has 31 heavy (non-hydrogen) atoms. The van der Waals surface area contributed by atoms with Crippen LogP contribution in [-0.4, -0.2) is 28.9 Å². The summed E-state index contributed by atoms with van der Waals surface area (Å²) in [4.78, 5) is 31.6. The molecule has 0 bridgehead atoms. The van der Waals surface area contributed by atoms with Crippen molar-refractivity contribution in [3.63, 3.8) is 0 Å². The number of benzene rings is 2. The third-order valence-electron chi connectivity index (χ3n) is 5.70. The molecule has 0 saturated carbocycles. The van der Waals surface area contributed by atoms with Gasteiger partial charge in [-0.25, -0.2) is 0 Å². The lowest BCUT2D eigenvalue weighted by Crippen LogP contribution is -2.33. The van der Waals surface area contributed by atoms with E-state index in [2.05, 4.69) is 4.98 Å². The van der Waals surface area contributed by atoms with Gasteiger partial charge in [0.2, 0.25) is 0 Å². The first-order chi connectivity index (χ1) is 14.6. The van der Waals surface area contributed by atoms with E-state index in [-0.39, 0.29) is 11.4 Å². The Balaban J connectivity index is 1.98. The minimum Gasteiger partial charge on any atom is -0.503 e. The summed E-state index contributed by atoms with van der Waals surface area (Å²) in [6.45, 7) is 7.28. The number of nitrogens with one attached hydrogen (secondary N) is 1. The largest absolute Gasteiger partial charge is 0.503 e. The van der Waals surface area contributed by atoms with Crippen molar-refractivity contribution in [2.24, 2.45) is 5.41 Å². The number of methoxy groups -OCH3 is 1. The number of aliphatic hydroxyl groups is 1. The van der Waals surface area contributed by atoms with E-state index < -0.39 is 23.1 Å². The van der Waals surface area contributed by atoms with Gasteiger partial charge in [-0.05, 0) is 37.3 Å². The first-order valence-electron chi connectivity index (χ1n) is 10.2. The van der Waals surface area contributed by atoms with Gasteiger partial charge in [-0.1, -0.05) is 39.0 Å². The predicted octanol–water partition coefficient (Wildman–Crippen LogP) is 5.00. The maximum absolute atomic E-state index is 13.4. The van der Waals surface area contributed by atoms with Crippen LogP contribution in [0.4, 0.5) is 5.69 Å². The number of aromatic nitrogens is 1. The van der Waals surface area contributed by atoms with Gasteiger partial charge in [0.1, 0.15) is 5.75 Å². The highest BCUT2D eigenvalue weighted by Gasteiger charge is 2.47. The summed E-state index contributed by atoms with van der Waals surface area (Å²) in [6.07, 6.45) is 0. The van der Waals surface area contributed by atoms with E-state index in [1.807, 2.05) is 31.2 Å². The molecule has 0 saturated heterocycles. The van der Waals surface area contributed by atoms with Gasteiger partial charge in [0.05, 0.1) is 18.7 Å². The van der Waals surface area contributed by atoms with E-state index in [0.717, 1.165) is 22.2 Å². The maximum Gasteiger partial charge on any atom is 0.294 e. The molecule has 6 nitrogen and oxygen atoms in total. The second-order valence-electron chi connectivity index (χ2n) is 8.83. The summed E-state index contributed by atoms with van der Waals surface area (Å²) in [6, 6.07) is 14.0. The molecule has 0 fully saturated rings. The molecule has 0 radical (unpaired) electrons. The second kappa shape index (κ2) is 7.30. The smallest absolute Gasteiger partial charge is 0.294 e. The molecule has 4 rings (SSSR count). The Bertz CT molecular complexity index is 1210. The number of para-hydroxylation sites is 1. The Hall–Kier alpha value is -3.54. The molecule has 0 spiro atoms. The standard InChI is InChI=1S/C25H26N2O4/c1-14-19(17-8-6-7-9-18(17)26-14)21-20(23(29)25(2,3)4)22(28)24(30)27(21)15-10-12-16(31-5)13-11-15/h6-13,21,26,28H,1-5H3. The highest BCUT2D eigenvalue weighted by molar-refractivity contribution is 6.18. The number of ether oxygens (including phenoxy) is 1. The van der Waals surface area contributed by atoms with Crippen molar-refractivity contribution in [2.75, 3.05) is 12.0 Å². The summed E-state index contributed by atoms with van der Waals surface area (Å²) in [5, 5.41) is 11.8. The fourth-order valence-electron chi connectivity index (χ4n) is 4.17. The second-order valence-corrected chi connectivity index (χ2v) is 8.83. The van der Waals surface area contributed by atoms with E-state index in [4.69, 9.17) is 4.74 Å². The number of rotatable bonds is 4. The number of aromatic amines is 1. The van der Waals surface area contributed by atoms with E-state index in [1.165, 1.54) is 4.90 Å². The van der Waals surface area contributed by atoms with Crippen LogP contribution in [0.15, 0.2) is 59.9 Å². The summed E-state index contributed by atoms with van der Waals surface area (Å²) >= 11 is 0. The van der Waals surface area contributed by atoms with Gasteiger partial charge in [-0.2, -0.15) is 0 Å². The van der Waals surface area contributed by atoms with Crippen LogP contribution >= 0.6 is 0 Å². The van der Waals surface area contributed by atoms with E-state index >= 15 is 0 Å². The van der Waals surface area contributed by atoms with Crippen LogP contribution in [0.25, 0.3) is 10.9 Å². The van der Waals surface area contributed by atoms with Crippen molar-refractivity contribution in [1.82, 2.24) is 4.98 Å². The normalized spacial score (nSPS) is 17.0. The molecule has 160 valence electrons. The molecule has 2 heterocycles. The first kappa shape index (κ1) is 20.7. The van der Waals surface area contributed by atoms with Crippen LogP contribution in [0.3, 0.4) is 0 Å². The molecule has 1 aliphatic heterocycles. The van der Waals surface area contributed by atoms with E-state index in [9.17, 15) is 14.7 Å². The minimum atomic E-state index is -0.766. The van der Waals surface area contributed by atoms with Crippen LogP contribution in [0.1, 0.15) is 38.1 Å². The molecule has 1 aliphatic rings. The summed E-state index contributed by atoms with van der Waals surface area (Å²) in [7, 11) is 1.57. The molecule has 0 aliphatic carbocycles. The monoisotopic (exact) mass is 418 g/mol. The zero-order valence-electron chi connectivity index (χ0n) is 18.3. The van der Waals surface area contributed by atoms with Gasteiger partial charge in [0.25, 0.3) is 5.91 Å². The topological polar surface area (TPSA) is 82.6 Å². The number of anilines is 1. The van der Waals surface area contributed by atoms with Crippen molar-refractivity contribution in [1.29, 1.82) is 0 Å². The average molecular weight is 418 g/mol. The number of carbonyl (C=O) groups is 2. The number of nitrogens with zero attached hydrogens (tertiary/aromatic N) is 1. The predicted molar refractivity (Wildman–Crippen MR) is 120 cm³/mol. The molecule has 6 heteroatoms. The third-order valence-corrected chi connectivity index (χ3v) is 5.70. The summed E-state index contributed by atoms with van der Waals surface area (Å²) in [5.41, 5.74) is 2.48. The fraction of sp³-hybridized carbons (Fsp3) is 0.280. The molecule has 1 atom stereocenters. The minimum absolute atomic E-state index is 0.126.